The Kier molecular flexibility index (Phi) is 4.27. The monoisotopic (exact) mass is 222 g/mol. The zero-order chi connectivity index (χ0) is 12.0. The molecule has 1 heterocycles. The third kappa shape index (κ3) is 3.24. The van der Waals surface area contributed by atoms with Crippen LogP contribution in [0.5, 0.6) is 0 Å². The van der Waals surface area contributed by atoms with Crippen LogP contribution in [0.15, 0.2) is 6.33 Å². The fourth-order valence-corrected chi connectivity index (χ4v) is 1.27. The second-order valence-corrected chi connectivity index (χ2v) is 3.18. The summed E-state index contributed by atoms with van der Waals surface area (Å²) in [6.07, 6.45) is 1.74. The number of nitrogens with two attached hydrogens (primary N) is 1. The second kappa shape index (κ2) is 5.70. The van der Waals surface area contributed by atoms with Gasteiger partial charge in [-0.3, -0.25) is 4.79 Å². The predicted octanol–water partition coefficient (Wildman–Crippen LogP) is -0.378. The number of anilines is 1. The van der Waals surface area contributed by atoms with E-state index in [-0.39, 0.29) is 18.4 Å². The van der Waals surface area contributed by atoms with E-state index >= 15 is 0 Å². The number of nitrogens with zero attached hydrogens (tertiary/aromatic N) is 5. The van der Waals surface area contributed by atoms with Crippen molar-refractivity contribution in [2.45, 2.75) is 19.9 Å². The number of amides is 1. The fraction of sp³-hybridized carbons (Fsp3) is 0.556. The summed E-state index contributed by atoms with van der Waals surface area (Å²) >= 11 is 0. The number of hydrogen-bond acceptors (Lipinski definition) is 5. The predicted molar refractivity (Wildman–Crippen MR) is 56.9 cm³/mol. The van der Waals surface area contributed by atoms with E-state index in [1.165, 1.54) is 11.0 Å². The number of carbonyl (C=O) groups excluding carboxylic acids is 1. The highest BCUT2D eigenvalue weighted by Crippen LogP contribution is 1.96. The van der Waals surface area contributed by atoms with E-state index in [9.17, 15) is 4.79 Å². The first-order valence-electron chi connectivity index (χ1n) is 4.97. The van der Waals surface area contributed by atoms with Crippen molar-refractivity contribution in [2.75, 3.05) is 18.8 Å². The van der Waals surface area contributed by atoms with Crippen molar-refractivity contribution in [3.63, 3.8) is 0 Å². The summed E-state index contributed by atoms with van der Waals surface area (Å²) in [5.74, 6) is 0.0514. The minimum atomic E-state index is -0.0948. The molecule has 0 aliphatic heterocycles. The number of aromatic nitrogens is 3. The molecule has 7 nitrogen and oxygen atoms in total. The van der Waals surface area contributed by atoms with E-state index in [4.69, 9.17) is 11.0 Å². The molecule has 16 heavy (non-hydrogen) atoms. The largest absolute Gasteiger partial charge is 0.367 e. The van der Waals surface area contributed by atoms with Crippen molar-refractivity contribution in [1.29, 1.82) is 5.26 Å². The molecule has 86 valence electrons. The fourth-order valence-electron chi connectivity index (χ4n) is 1.27. The van der Waals surface area contributed by atoms with Crippen LogP contribution < -0.4 is 5.73 Å². The molecule has 0 aromatic carbocycles. The van der Waals surface area contributed by atoms with Crippen LogP contribution in [0.2, 0.25) is 0 Å². The van der Waals surface area contributed by atoms with Crippen molar-refractivity contribution in [1.82, 2.24) is 19.7 Å². The van der Waals surface area contributed by atoms with Crippen LogP contribution in [-0.4, -0.2) is 38.7 Å². The third-order valence-electron chi connectivity index (χ3n) is 2.08. The van der Waals surface area contributed by atoms with Crippen LogP contribution in [0, 0.1) is 11.3 Å². The first-order chi connectivity index (χ1) is 7.67. The molecule has 0 saturated heterocycles. The minimum Gasteiger partial charge on any atom is -0.367 e. The van der Waals surface area contributed by atoms with Gasteiger partial charge in [-0.15, -0.1) is 5.10 Å². The lowest BCUT2D eigenvalue weighted by atomic mass is 10.4. The quantitative estimate of drug-likeness (QED) is 0.732. The first kappa shape index (κ1) is 12.0. The van der Waals surface area contributed by atoms with Crippen LogP contribution in [-0.2, 0) is 11.3 Å². The highest BCUT2D eigenvalue weighted by molar-refractivity contribution is 5.75. The molecule has 0 unspecified atom stereocenters. The Labute approximate surface area is 93.5 Å². The number of likely N-dealkylation sites (N-methyl/N-ethyl adjacent to an activating group) is 1. The number of rotatable bonds is 5. The average molecular weight is 222 g/mol. The van der Waals surface area contributed by atoms with Gasteiger partial charge in [0.15, 0.2) is 0 Å². The Hall–Kier alpha value is -2.10. The van der Waals surface area contributed by atoms with Crippen LogP contribution in [0.1, 0.15) is 13.3 Å². The van der Waals surface area contributed by atoms with Crippen LogP contribution in [0.4, 0.5) is 5.95 Å². The van der Waals surface area contributed by atoms with Gasteiger partial charge >= 0.3 is 0 Å². The maximum atomic E-state index is 11.7. The molecule has 2 N–H and O–H groups in total. The van der Waals surface area contributed by atoms with Crippen LogP contribution >= 0.6 is 0 Å². The third-order valence-corrected chi connectivity index (χ3v) is 2.08. The lowest BCUT2D eigenvalue weighted by Gasteiger charge is -2.18. The summed E-state index contributed by atoms with van der Waals surface area (Å²) in [7, 11) is 0. The van der Waals surface area contributed by atoms with E-state index in [0.29, 0.717) is 19.5 Å². The average Bonchev–Trinajstić information content (AvgIpc) is 2.65. The lowest BCUT2D eigenvalue weighted by Crippen LogP contribution is -2.34. The molecule has 0 fully saturated rings. The Morgan fingerprint density at radius 3 is 3.00 bits per heavy atom. The van der Waals surface area contributed by atoms with Gasteiger partial charge in [0.25, 0.3) is 0 Å². The Morgan fingerprint density at radius 2 is 2.50 bits per heavy atom. The van der Waals surface area contributed by atoms with Crippen LogP contribution in [0.3, 0.4) is 0 Å². The summed E-state index contributed by atoms with van der Waals surface area (Å²) in [6, 6.07) is 2.01. The molecular formula is C9H14N6O. The smallest absolute Gasteiger partial charge is 0.244 e. The van der Waals surface area contributed by atoms with Gasteiger partial charge in [-0.2, -0.15) is 5.26 Å². The molecule has 0 saturated carbocycles. The maximum absolute atomic E-state index is 11.7. The van der Waals surface area contributed by atoms with Crippen molar-refractivity contribution in [2.24, 2.45) is 0 Å². The van der Waals surface area contributed by atoms with E-state index < -0.39 is 0 Å². The van der Waals surface area contributed by atoms with Gasteiger partial charge in [0, 0.05) is 13.1 Å². The molecule has 1 rings (SSSR count). The van der Waals surface area contributed by atoms with Crippen molar-refractivity contribution in [3.05, 3.63) is 6.33 Å². The summed E-state index contributed by atoms with van der Waals surface area (Å²) in [5.41, 5.74) is 5.33. The molecule has 0 aliphatic carbocycles. The Bertz CT molecular complexity index is 393. The molecule has 1 aromatic heterocycles. The summed E-state index contributed by atoms with van der Waals surface area (Å²) in [4.78, 5) is 17.1. The SMILES string of the molecule is CCN(CCC#N)C(=O)Cn1cnc(N)n1. The molecule has 0 aliphatic rings. The Morgan fingerprint density at radius 1 is 1.75 bits per heavy atom. The summed E-state index contributed by atoms with van der Waals surface area (Å²) in [5, 5.41) is 12.3. The van der Waals surface area contributed by atoms with Crippen molar-refractivity contribution < 1.29 is 4.79 Å². The topological polar surface area (TPSA) is 101 Å². The lowest BCUT2D eigenvalue weighted by molar-refractivity contribution is -0.131. The van der Waals surface area contributed by atoms with E-state index in [0.717, 1.165) is 0 Å². The maximum Gasteiger partial charge on any atom is 0.244 e. The van der Waals surface area contributed by atoms with E-state index in [1.807, 2.05) is 13.0 Å². The number of nitrogen functional groups attached to an aromatic ring is 1. The van der Waals surface area contributed by atoms with Gasteiger partial charge in [0.2, 0.25) is 11.9 Å². The molecule has 1 amide bonds. The van der Waals surface area contributed by atoms with Crippen LogP contribution in [0.25, 0.3) is 0 Å². The normalized spacial score (nSPS) is 9.75. The second-order valence-electron chi connectivity index (χ2n) is 3.18. The molecule has 0 bridgehead atoms. The van der Waals surface area contributed by atoms with Gasteiger partial charge in [0.1, 0.15) is 12.9 Å². The van der Waals surface area contributed by atoms with E-state index in [1.54, 1.807) is 4.90 Å². The highest BCUT2D eigenvalue weighted by atomic mass is 16.2. The molecule has 0 spiro atoms. The van der Waals surface area contributed by atoms with Gasteiger partial charge in [0.05, 0.1) is 12.5 Å². The van der Waals surface area contributed by atoms with Gasteiger partial charge in [-0.1, -0.05) is 0 Å². The summed E-state index contributed by atoms with van der Waals surface area (Å²) < 4.78 is 1.38. The molecule has 0 radical (unpaired) electrons. The van der Waals surface area contributed by atoms with Crippen molar-refractivity contribution >= 4 is 11.9 Å². The zero-order valence-electron chi connectivity index (χ0n) is 9.13. The molecule has 0 atom stereocenters. The van der Waals surface area contributed by atoms with Gasteiger partial charge < -0.3 is 10.6 Å². The standard InChI is InChI=1S/C9H14N6O/c1-2-14(5-3-4-10)8(16)6-15-7-12-9(11)13-15/h7H,2-3,5-6H2,1H3,(H2,11,13). The van der Waals surface area contributed by atoms with Gasteiger partial charge in [-0.25, -0.2) is 9.67 Å². The summed E-state index contributed by atoms with van der Waals surface area (Å²) in [6.45, 7) is 2.98. The number of nitriles is 1. The molecular weight excluding hydrogens is 208 g/mol. The molecule has 7 heteroatoms. The minimum absolute atomic E-state index is 0.0948. The molecule has 1 aromatic rings. The van der Waals surface area contributed by atoms with Gasteiger partial charge in [-0.05, 0) is 6.92 Å². The first-order valence-corrected chi connectivity index (χ1v) is 4.97. The van der Waals surface area contributed by atoms with Crippen molar-refractivity contribution in [3.8, 4) is 6.07 Å². The number of carbonyl (C=O) groups is 1. The highest BCUT2D eigenvalue weighted by Gasteiger charge is 2.12. The number of hydrogen-bond donors (Lipinski definition) is 1. The zero-order valence-corrected chi connectivity index (χ0v) is 9.13. The Balaban J connectivity index is 2.53. The van der Waals surface area contributed by atoms with E-state index in [2.05, 4.69) is 10.1 Å².